The van der Waals surface area contributed by atoms with Crippen molar-refractivity contribution in [2.75, 3.05) is 14.1 Å². The van der Waals surface area contributed by atoms with Crippen LogP contribution in [-0.4, -0.2) is 35.1 Å². The zero-order chi connectivity index (χ0) is 14.9. The fourth-order valence-electron chi connectivity index (χ4n) is 1.87. The van der Waals surface area contributed by atoms with Gasteiger partial charge in [-0.05, 0) is 20.2 Å². The molecule has 0 aliphatic rings. The normalized spacial score (nSPS) is 12.7. The van der Waals surface area contributed by atoms with Crippen molar-refractivity contribution in [2.24, 2.45) is 0 Å². The second-order valence-electron chi connectivity index (χ2n) is 4.41. The Bertz CT molecular complexity index is 643. The van der Waals surface area contributed by atoms with Crippen LogP contribution in [0.1, 0.15) is 27.1 Å². The first-order chi connectivity index (χ1) is 9.40. The van der Waals surface area contributed by atoms with E-state index in [2.05, 4.69) is 4.98 Å². The van der Waals surface area contributed by atoms with Crippen LogP contribution in [0.15, 0.2) is 23.6 Å². The van der Waals surface area contributed by atoms with E-state index in [9.17, 15) is 13.6 Å². The number of nitrogens with zero attached hydrogens (tertiary/aromatic N) is 2. The Balaban J connectivity index is 2.47. The molecular weight excluding hydrogens is 286 g/mol. The van der Waals surface area contributed by atoms with Gasteiger partial charge in [-0.3, -0.25) is 4.90 Å². The maximum Gasteiger partial charge on any atom is 0.355 e. The molecule has 1 unspecified atom stereocenters. The number of carbonyl (C=O) groups is 1. The van der Waals surface area contributed by atoms with Crippen LogP contribution in [-0.2, 0) is 0 Å². The summed E-state index contributed by atoms with van der Waals surface area (Å²) in [6.45, 7) is 0. The number of carboxylic acids is 1. The van der Waals surface area contributed by atoms with Gasteiger partial charge in [0.15, 0.2) is 5.69 Å². The summed E-state index contributed by atoms with van der Waals surface area (Å²) in [6.07, 6.45) is 0. The predicted molar refractivity (Wildman–Crippen MR) is 71.0 cm³/mol. The summed E-state index contributed by atoms with van der Waals surface area (Å²) < 4.78 is 26.9. The summed E-state index contributed by atoms with van der Waals surface area (Å²) in [5.74, 6) is -2.48. The first kappa shape index (κ1) is 14.5. The lowest BCUT2D eigenvalue weighted by molar-refractivity contribution is 0.0691. The Morgan fingerprint density at radius 2 is 2.10 bits per heavy atom. The zero-order valence-electron chi connectivity index (χ0n) is 10.8. The second kappa shape index (κ2) is 5.64. The molecule has 0 saturated carbocycles. The maximum atomic E-state index is 13.9. The van der Waals surface area contributed by atoms with Crippen molar-refractivity contribution in [3.8, 4) is 0 Å². The number of hydrogen-bond acceptors (Lipinski definition) is 4. The summed E-state index contributed by atoms with van der Waals surface area (Å²) in [5.41, 5.74) is 0.169. The van der Waals surface area contributed by atoms with Gasteiger partial charge >= 0.3 is 5.97 Å². The van der Waals surface area contributed by atoms with Gasteiger partial charge in [0.25, 0.3) is 0 Å². The van der Waals surface area contributed by atoms with Gasteiger partial charge < -0.3 is 5.11 Å². The summed E-state index contributed by atoms with van der Waals surface area (Å²) in [4.78, 5) is 16.5. The van der Waals surface area contributed by atoms with E-state index in [0.29, 0.717) is 5.01 Å². The number of thiazole rings is 1. The van der Waals surface area contributed by atoms with Crippen molar-refractivity contribution in [1.82, 2.24) is 9.88 Å². The first-order valence-corrected chi connectivity index (χ1v) is 6.58. The third kappa shape index (κ3) is 2.83. The van der Waals surface area contributed by atoms with E-state index in [0.717, 1.165) is 17.4 Å². The van der Waals surface area contributed by atoms with Crippen LogP contribution >= 0.6 is 11.3 Å². The highest BCUT2D eigenvalue weighted by Crippen LogP contribution is 2.31. The minimum Gasteiger partial charge on any atom is -0.476 e. The van der Waals surface area contributed by atoms with E-state index in [1.807, 2.05) is 0 Å². The van der Waals surface area contributed by atoms with Gasteiger partial charge in [-0.15, -0.1) is 11.3 Å². The first-order valence-electron chi connectivity index (χ1n) is 5.70. The molecule has 1 atom stereocenters. The number of benzene rings is 1. The van der Waals surface area contributed by atoms with Crippen LogP contribution < -0.4 is 0 Å². The molecule has 7 heteroatoms. The van der Waals surface area contributed by atoms with Crippen LogP contribution in [0.25, 0.3) is 0 Å². The van der Waals surface area contributed by atoms with Gasteiger partial charge in [0.05, 0.1) is 6.04 Å². The topological polar surface area (TPSA) is 53.4 Å². The Hall–Kier alpha value is -1.86. The number of aromatic carboxylic acids is 1. The standard InChI is InChI=1S/C13H12F2N2O2S/c1-17(2)11(8-4-3-7(14)5-9(8)15)12-16-10(6-20-12)13(18)19/h3-6,11H,1-2H3,(H,18,19). The smallest absolute Gasteiger partial charge is 0.355 e. The van der Waals surface area contributed by atoms with E-state index in [-0.39, 0.29) is 11.3 Å². The lowest BCUT2D eigenvalue weighted by Crippen LogP contribution is -2.22. The monoisotopic (exact) mass is 298 g/mol. The predicted octanol–water partition coefficient (Wildman–Crippen LogP) is 2.77. The molecule has 0 aliphatic carbocycles. The number of rotatable bonds is 4. The highest BCUT2D eigenvalue weighted by Gasteiger charge is 2.24. The molecule has 0 radical (unpaired) electrons. The molecule has 106 valence electrons. The van der Waals surface area contributed by atoms with Crippen molar-refractivity contribution in [2.45, 2.75) is 6.04 Å². The minimum atomic E-state index is -1.13. The number of aromatic nitrogens is 1. The highest BCUT2D eigenvalue weighted by atomic mass is 32.1. The quantitative estimate of drug-likeness (QED) is 0.943. The van der Waals surface area contributed by atoms with Crippen molar-refractivity contribution < 1.29 is 18.7 Å². The van der Waals surface area contributed by atoms with Crippen molar-refractivity contribution in [3.05, 3.63) is 51.5 Å². The molecule has 0 saturated heterocycles. The second-order valence-corrected chi connectivity index (χ2v) is 5.30. The molecule has 0 fully saturated rings. The van der Waals surface area contributed by atoms with Crippen LogP contribution in [0.4, 0.5) is 8.78 Å². The fraction of sp³-hybridized carbons (Fsp3) is 0.231. The third-order valence-electron chi connectivity index (χ3n) is 2.75. The van der Waals surface area contributed by atoms with Gasteiger partial charge in [0.1, 0.15) is 16.6 Å². The SMILES string of the molecule is CN(C)C(c1nc(C(=O)O)cs1)c1ccc(F)cc1F. The van der Waals surface area contributed by atoms with Gasteiger partial charge in [-0.25, -0.2) is 18.6 Å². The molecule has 2 aromatic rings. The molecule has 1 aromatic carbocycles. The van der Waals surface area contributed by atoms with Crippen LogP contribution in [0.3, 0.4) is 0 Å². The number of carboxylic acid groups (broad SMARTS) is 1. The highest BCUT2D eigenvalue weighted by molar-refractivity contribution is 7.10. The summed E-state index contributed by atoms with van der Waals surface area (Å²) in [6, 6.07) is 2.75. The molecule has 1 heterocycles. The van der Waals surface area contributed by atoms with Gasteiger partial charge in [-0.1, -0.05) is 6.07 Å². The molecule has 2 rings (SSSR count). The Morgan fingerprint density at radius 3 is 2.60 bits per heavy atom. The summed E-state index contributed by atoms with van der Waals surface area (Å²) in [7, 11) is 3.44. The molecule has 20 heavy (non-hydrogen) atoms. The van der Waals surface area contributed by atoms with Crippen LogP contribution in [0, 0.1) is 11.6 Å². The summed E-state index contributed by atoms with van der Waals surface area (Å²) >= 11 is 1.13. The van der Waals surface area contributed by atoms with Gasteiger partial charge in [0.2, 0.25) is 0 Å². The lowest BCUT2D eigenvalue weighted by atomic mass is 10.1. The Kier molecular flexibility index (Phi) is 4.10. The minimum absolute atomic E-state index is 0.0839. The van der Waals surface area contributed by atoms with Crippen molar-refractivity contribution in [1.29, 1.82) is 0 Å². The fourth-order valence-corrected chi connectivity index (χ4v) is 2.87. The Morgan fingerprint density at radius 1 is 1.40 bits per heavy atom. The number of hydrogen-bond donors (Lipinski definition) is 1. The number of halogens is 2. The molecule has 4 nitrogen and oxygen atoms in total. The van der Waals surface area contributed by atoms with Gasteiger partial charge in [-0.2, -0.15) is 0 Å². The average molecular weight is 298 g/mol. The molecule has 1 N–H and O–H groups in total. The van der Waals surface area contributed by atoms with Crippen LogP contribution in [0.2, 0.25) is 0 Å². The van der Waals surface area contributed by atoms with Crippen molar-refractivity contribution in [3.63, 3.8) is 0 Å². The summed E-state index contributed by atoms with van der Waals surface area (Å²) in [5, 5.41) is 10.7. The van der Waals surface area contributed by atoms with E-state index in [4.69, 9.17) is 5.11 Å². The van der Waals surface area contributed by atoms with E-state index in [1.165, 1.54) is 17.5 Å². The maximum absolute atomic E-state index is 13.9. The average Bonchev–Trinajstić information content (AvgIpc) is 2.81. The van der Waals surface area contributed by atoms with E-state index >= 15 is 0 Å². The van der Waals surface area contributed by atoms with Gasteiger partial charge in [0, 0.05) is 17.0 Å². The molecule has 0 aliphatic heterocycles. The molecule has 1 aromatic heterocycles. The largest absolute Gasteiger partial charge is 0.476 e. The molecule has 0 spiro atoms. The molecule has 0 bridgehead atoms. The zero-order valence-corrected chi connectivity index (χ0v) is 11.6. The molecule has 0 amide bonds. The van der Waals surface area contributed by atoms with E-state index in [1.54, 1.807) is 19.0 Å². The van der Waals surface area contributed by atoms with Crippen molar-refractivity contribution >= 4 is 17.3 Å². The Labute approximate surface area is 118 Å². The van der Waals surface area contributed by atoms with Crippen LogP contribution in [0.5, 0.6) is 0 Å². The third-order valence-corrected chi connectivity index (χ3v) is 3.65. The van der Waals surface area contributed by atoms with E-state index < -0.39 is 23.6 Å². The lowest BCUT2D eigenvalue weighted by Gasteiger charge is -2.23. The molecular formula is C13H12F2N2O2S.